The van der Waals surface area contributed by atoms with Crippen molar-refractivity contribution in [2.75, 3.05) is 13.4 Å². The third-order valence-corrected chi connectivity index (χ3v) is 2.73. The largest absolute Gasteiger partial charge is 0.497 e. The van der Waals surface area contributed by atoms with E-state index in [0.29, 0.717) is 11.5 Å². The highest BCUT2D eigenvalue weighted by atomic mass is 32.2. The number of amides is 1. The Morgan fingerprint density at radius 3 is 2.59 bits per heavy atom. The van der Waals surface area contributed by atoms with E-state index in [9.17, 15) is 4.79 Å². The summed E-state index contributed by atoms with van der Waals surface area (Å²) >= 11 is 1.41. The molecule has 5 nitrogen and oxygen atoms in total. The van der Waals surface area contributed by atoms with E-state index in [1.54, 1.807) is 7.11 Å². The molecule has 1 rings (SSSR count). The molecule has 0 heterocycles. The van der Waals surface area contributed by atoms with Gasteiger partial charge in [0.1, 0.15) is 5.75 Å². The molecule has 1 aromatic rings. The Labute approximate surface area is 104 Å². The van der Waals surface area contributed by atoms with Crippen LogP contribution in [-0.2, 0) is 6.42 Å². The Morgan fingerprint density at radius 2 is 2.12 bits per heavy atom. The molecule has 0 fully saturated rings. The normalized spacial score (nSPS) is 11.1. The van der Waals surface area contributed by atoms with Crippen LogP contribution >= 0.6 is 11.8 Å². The Bertz CT molecular complexity index is 404. The van der Waals surface area contributed by atoms with Crippen molar-refractivity contribution < 1.29 is 14.6 Å². The van der Waals surface area contributed by atoms with Crippen LogP contribution in [0, 0.1) is 0 Å². The van der Waals surface area contributed by atoms with E-state index in [1.807, 2.05) is 35.9 Å². The lowest BCUT2D eigenvalue weighted by molar-refractivity contribution is 0.195. The lowest BCUT2D eigenvalue weighted by atomic mass is 10.1. The lowest BCUT2D eigenvalue weighted by Gasteiger charge is -2.04. The van der Waals surface area contributed by atoms with Gasteiger partial charge in [0.2, 0.25) is 0 Å². The monoisotopic (exact) mass is 254 g/mol. The summed E-state index contributed by atoms with van der Waals surface area (Å²) in [6.45, 7) is 0. The standard InChI is InChI=1S/C11H14N2O3S/c1-16-9-5-3-8(4-6-9)7-10(17-2)12-13-11(14)15/h3-6,13H,7H2,1-2H3,(H,14,15)/b12-10-. The number of hydrogen-bond acceptors (Lipinski definition) is 4. The van der Waals surface area contributed by atoms with Gasteiger partial charge in [-0.05, 0) is 24.0 Å². The number of benzene rings is 1. The molecule has 0 aliphatic rings. The van der Waals surface area contributed by atoms with Crippen LogP contribution in [0.2, 0.25) is 0 Å². The van der Waals surface area contributed by atoms with Crippen molar-refractivity contribution in [2.24, 2.45) is 5.10 Å². The molecule has 0 saturated carbocycles. The number of hydrogen-bond donors (Lipinski definition) is 2. The van der Waals surface area contributed by atoms with Gasteiger partial charge in [-0.2, -0.15) is 5.10 Å². The first-order valence-electron chi connectivity index (χ1n) is 4.88. The van der Waals surface area contributed by atoms with Crippen LogP contribution in [-0.4, -0.2) is 29.6 Å². The van der Waals surface area contributed by atoms with Crippen molar-refractivity contribution >= 4 is 22.9 Å². The van der Waals surface area contributed by atoms with Gasteiger partial charge in [-0.3, -0.25) is 0 Å². The highest BCUT2D eigenvalue weighted by Crippen LogP contribution is 2.14. The van der Waals surface area contributed by atoms with Crippen molar-refractivity contribution in [1.82, 2.24) is 5.43 Å². The number of nitrogens with one attached hydrogen (secondary N) is 1. The summed E-state index contributed by atoms with van der Waals surface area (Å²) in [7, 11) is 1.61. The van der Waals surface area contributed by atoms with Gasteiger partial charge >= 0.3 is 6.09 Å². The molecule has 92 valence electrons. The summed E-state index contributed by atoms with van der Waals surface area (Å²) in [4.78, 5) is 10.3. The molecule has 2 N–H and O–H groups in total. The molecule has 0 bridgehead atoms. The summed E-state index contributed by atoms with van der Waals surface area (Å²) in [5, 5.41) is 12.9. The number of carbonyl (C=O) groups is 1. The molecule has 0 atom stereocenters. The number of carboxylic acid groups (broad SMARTS) is 1. The van der Waals surface area contributed by atoms with Crippen molar-refractivity contribution in [1.29, 1.82) is 0 Å². The van der Waals surface area contributed by atoms with Gasteiger partial charge in [0.25, 0.3) is 0 Å². The van der Waals surface area contributed by atoms with Gasteiger partial charge in [0, 0.05) is 6.42 Å². The number of nitrogens with zero attached hydrogens (tertiary/aromatic N) is 1. The maximum atomic E-state index is 10.3. The molecule has 6 heteroatoms. The van der Waals surface area contributed by atoms with Gasteiger partial charge in [-0.25, -0.2) is 10.2 Å². The van der Waals surface area contributed by atoms with Crippen molar-refractivity contribution in [3.05, 3.63) is 29.8 Å². The summed E-state index contributed by atoms with van der Waals surface area (Å²) < 4.78 is 5.05. The van der Waals surface area contributed by atoms with E-state index < -0.39 is 6.09 Å². The first kappa shape index (κ1) is 13.4. The van der Waals surface area contributed by atoms with Crippen LogP contribution in [0.15, 0.2) is 29.4 Å². The molecule has 1 amide bonds. The first-order chi connectivity index (χ1) is 8.15. The van der Waals surface area contributed by atoms with E-state index in [-0.39, 0.29) is 0 Å². The van der Waals surface area contributed by atoms with Gasteiger partial charge < -0.3 is 9.84 Å². The maximum Gasteiger partial charge on any atom is 0.425 e. The maximum absolute atomic E-state index is 10.3. The highest BCUT2D eigenvalue weighted by molar-refractivity contribution is 8.13. The van der Waals surface area contributed by atoms with Crippen LogP contribution in [0.25, 0.3) is 0 Å². The zero-order chi connectivity index (χ0) is 12.7. The fourth-order valence-electron chi connectivity index (χ4n) is 1.19. The second kappa shape index (κ2) is 6.80. The molecule has 0 saturated heterocycles. The number of methoxy groups -OCH3 is 1. The topological polar surface area (TPSA) is 70.9 Å². The lowest BCUT2D eigenvalue weighted by Crippen LogP contribution is -2.16. The van der Waals surface area contributed by atoms with Crippen molar-refractivity contribution in [2.45, 2.75) is 6.42 Å². The third kappa shape index (κ3) is 4.78. The molecular formula is C11H14N2O3S. The molecule has 0 unspecified atom stereocenters. The Balaban J connectivity index is 2.66. The molecule has 0 aliphatic carbocycles. The SMILES string of the molecule is COc1ccc(C/C(=N/NC(=O)O)SC)cc1. The summed E-state index contributed by atoms with van der Waals surface area (Å²) in [5.74, 6) is 0.792. The van der Waals surface area contributed by atoms with Crippen LogP contribution in [0.3, 0.4) is 0 Å². The minimum atomic E-state index is -1.16. The van der Waals surface area contributed by atoms with Crippen molar-refractivity contribution in [3.8, 4) is 5.75 Å². The fraction of sp³-hybridized carbons (Fsp3) is 0.273. The molecule has 0 aromatic heterocycles. The fourth-order valence-corrected chi connectivity index (χ4v) is 1.63. The smallest absolute Gasteiger partial charge is 0.425 e. The number of ether oxygens (including phenoxy) is 1. The Kier molecular flexibility index (Phi) is 5.35. The molecule has 0 spiro atoms. The van der Waals surface area contributed by atoms with Gasteiger partial charge in [-0.1, -0.05) is 12.1 Å². The molecular weight excluding hydrogens is 240 g/mol. The van der Waals surface area contributed by atoms with Crippen LogP contribution in [0.4, 0.5) is 4.79 Å². The molecule has 0 radical (unpaired) electrons. The van der Waals surface area contributed by atoms with Gasteiger partial charge in [-0.15, -0.1) is 11.8 Å². The number of rotatable bonds is 4. The van der Waals surface area contributed by atoms with E-state index in [4.69, 9.17) is 9.84 Å². The van der Waals surface area contributed by atoms with E-state index in [0.717, 1.165) is 11.3 Å². The molecule has 1 aromatic carbocycles. The van der Waals surface area contributed by atoms with E-state index in [1.165, 1.54) is 11.8 Å². The first-order valence-corrected chi connectivity index (χ1v) is 6.10. The zero-order valence-corrected chi connectivity index (χ0v) is 10.5. The third-order valence-electron chi connectivity index (χ3n) is 2.03. The van der Waals surface area contributed by atoms with Gasteiger partial charge in [0.05, 0.1) is 12.2 Å². The minimum Gasteiger partial charge on any atom is -0.497 e. The average Bonchev–Trinajstić information content (AvgIpc) is 2.35. The Morgan fingerprint density at radius 1 is 1.47 bits per heavy atom. The second-order valence-electron chi connectivity index (χ2n) is 3.15. The van der Waals surface area contributed by atoms with Crippen LogP contribution in [0.1, 0.15) is 5.56 Å². The quantitative estimate of drug-likeness (QED) is 0.491. The molecule has 0 aliphatic heterocycles. The van der Waals surface area contributed by atoms with Crippen LogP contribution < -0.4 is 10.2 Å². The summed E-state index contributed by atoms with van der Waals surface area (Å²) in [5.41, 5.74) is 3.05. The predicted molar refractivity (Wildman–Crippen MR) is 68.8 cm³/mol. The predicted octanol–water partition coefficient (Wildman–Crippen LogP) is 2.18. The van der Waals surface area contributed by atoms with E-state index in [2.05, 4.69) is 5.10 Å². The summed E-state index contributed by atoms with van der Waals surface area (Å²) in [6, 6.07) is 7.56. The molecule has 17 heavy (non-hydrogen) atoms. The number of thioether (sulfide) groups is 1. The van der Waals surface area contributed by atoms with E-state index >= 15 is 0 Å². The van der Waals surface area contributed by atoms with Gasteiger partial charge in [0.15, 0.2) is 0 Å². The number of hydrazone groups is 1. The highest BCUT2D eigenvalue weighted by Gasteiger charge is 2.02. The summed E-state index contributed by atoms with van der Waals surface area (Å²) in [6.07, 6.45) is 1.28. The van der Waals surface area contributed by atoms with Crippen molar-refractivity contribution in [3.63, 3.8) is 0 Å². The second-order valence-corrected chi connectivity index (χ2v) is 4.03. The Hall–Kier alpha value is -1.69. The minimum absolute atomic E-state index is 0.589. The average molecular weight is 254 g/mol. The van der Waals surface area contributed by atoms with Crippen LogP contribution in [0.5, 0.6) is 5.75 Å². The zero-order valence-electron chi connectivity index (χ0n) is 9.64.